The van der Waals surface area contributed by atoms with E-state index in [-0.39, 0.29) is 5.91 Å². The lowest BCUT2D eigenvalue weighted by atomic mass is 10.2. The Morgan fingerprint density at radius 3 is 2.70 bits per heavy atom. The molecule has 0 saturated heterocycles. The van der Waals surface area contributed by atoms with Gasteiger partial charge in [-0.15, -0.1) is 0 Å². The van der Waals surface area contributed by atoms with Crippen LogP contribution in [0.25, 0.3) is 5.69 Å². The quantitative estimate of drug-likeness (QED) is 0.670. The summed E-state index contributed by atoms with van der Waals surface area (Å²) in [7, 11) is 0. The van der Waals surface area contributed by atoms with Crippen molar-refractivity contribution < 1.29 is 4.79 Å². The van der Waals surface area contributed by atoms with Gasteiger partial charge in [0.1, 0.15) is 0 Å². The number of anilines is 1. The number of carbonyl (C=O) groups is 1. The maximum Gasteiger partial charge on any atom is 0.238 e. The zero-order chi connectivity index (χ0) is 18.8. The van der Waals surface area contributed by atoms with Crippen molar-refractivity contribution in [3.8, 4) is 5.69 Å². The van der Waals surface area contributed by atoms with Gasteiger partial charge in [0.25, 0.3) is 0 Å². The summed E-state index contributed by atoms with van der Waals surface area (Å²) in [4.78, 5) is 15.0. The molecule has 0 unspecified atom stereocenters. The van der Waals surface area contributed by atoms with Gasteiger partial charge in [-0.05, 0) is 61.2 Å². The first-order valence-corrected chi connectivity index (χ1v) is 10.2. The van der Waals surface area contributed by atoms with Crippen molar-refractivity contribution in [3.05, 3.63) is 64.1 Å². The molecule has 0 radical (unpaired) electrons. The molecular weight excluding hydrogens is 356 g/mol. The van der Waals surface area contributed by atoms with Gasteiger partial charge in [-0.1, -0.05) is 18.2 Å². The summed E-state index contributed by atoms with van der Waals surface area (Å²) in [6.07, 6.45) is 2.36. The molecule has 27 heavy (non-hydrogen) atoms. The van der Waals surface area contributed by atoms with Crippen molar-refractivity contribution in [2.75, 3.05) is 11.9 Å². The molecule has 1 amide bonds. The minimum atomic E-state index is 0.0240. The number of nitrogens with one attached hydrogen (secondary N) is 1. The first-order chi connectivity index (χ1) is 13.1. The number of nitrogens with zero attached hydrogens (tertiary/aromatic N) is 3. The minimum Gasteiger partial charge on any atom is -0.322 e. The molecule has 2 aromatic heterocycles. The normalized spacial score (nSPS) is 13.9. The van der Waals surface area contributed by atoms with E-state index in [2.05, 4.69) is 32.1 Å². The molecule has 1 aliphatic carbocycles. The highest BCUT2D eigenvalue weighted by atomic mass is 32.1. The average Bonchev–Trinajstić information content (AvgIpc) is 3.33. The minimum absolute atomic E-state index is 0.0240. The molecule has 3 aromatic rings. The van der Waals surface area contributed by atoms with E-state index in [1.165, 1.54) is 18.4 Å². The zero-order valence-corrected chi connectivity index (χ0v) is 16.5. The first-order valence-electron chi connectivity index (χ1n) is 9.28. The molecule has 0 spiro atoms. The molecule has 0 atom stereocenters. The number of amides is 1. The van der Waals surface area contributed by atoms with Gasteiger partial charge in [-0.25, -0.2) is 4.68 Å². The van der Waals surface area contributed by atoms with E-state index in [1.54, 1.807) is 11.3 Å². The summed E-state index contributed by atoms with van der Waals surface area (Å²) in [6.45, 7) is 5.18. The predicted molar refractivity (Wildman–Crippen MR) is 109 cm³/mol. The molecule has 1 N–H and O–H groups in total. The summed E-state index contributed by atoms with van der Waals surface area (Å²) >= 11 is 1.70. The van der Waals surface area contributed by atoms with Gasteiger partial charge < -0.3 is 5.32 Å². The number of rotatable bonds is 7. The molecule has 140 valence electrons. The van der Waals surface area contributed by atoms with Crippen molar-refractivity contribution in [1.82, 2.24) is 14.7 Å². The van der Waals surface area contributed by atoms with Crippen LogP contribution in [0.3, 0.4) is 0 Å². The molecule has 1 aliphatic rings. The second-order valence-electron chi connectivity index (χ2n) is 7.11. The van der Waals surface area contributed by atoms with E-state index in [0.717, 1.165) is 29.3 Å². The largest absolute Gasteiger partial charge is 0.322 e. The fourth-order valence-corrected chi connectivity index (χ4v) is 4.04. The van der Waals surface area contributed by atoms with Crippen molar-refractivity contribution in [3.63, 3.8) is 0 Å². The van der Waals surface area contributed by atoms with Crippen LogP contribution in [0.4, 0.5) is 5.69 Å². The molecule has 5 nitrogen and oxygen atoms in total. The standard InChI is InChI=1S/C21H24N4OS/c1-15-21(16(2)25(23-15)19-6-4-3-5-7-19)22-20(26)13-24(18-8-9-18)12-17-10-11-27-14-17/h3-7,10-11,14,18H,8-9,12-13H2,1-2H3,(H,22,26). The van der Waals surface area contributed by atoms with E-state index < -0.39 is 0 Å². The van der Waals surface area contributed by atoms with E-state index in [0.29, 0.717) is 12.6 Å². The Labute approximate surface area is 163 Å². The Hall–Kier alpha value is -2.44. The van der Waals surface area contributed by atoms with Crippen molar-refractivity contribution in [1.29, 1.82) is 0 Å². The summed E-state index contributed by atoms with van der Waals surface area (Å²) in [5.41, 5.74) is 4.87. The van der Waals surface area contributed by atoms with Crippen molar-refractivity contribution in [2.24, 2.45) is 0 Å². The molecule has 1 saturated carbocycles. The lowest BCUT2D eigenvalue weighted by Crippen LogP contribution is -2.34. The molecular formula is C21H24N4OS. The van der Waals surface area contributed by atoms with Gasteiger partial charge in [0, 0.05) is 12.6 Å². The lowest BCUT2D eigenvalue weighted by molar-refractivity contribution is -0.117. The van der Waals surface area contributed by atoms with Gasteiger partial charge in [0.05, 0.1) is 29.3 Å². The zero-order valence-electron chi connectivity index (χ0n) is 15.7. The Kier molecular flexibility index (Phi) is 5.09. The predicted octanol–water partition coefficient (Wildman–Crippen LogP) is 4.15. The summed E-state index contributed by atoms with van der Waals surface area (Å²) in [6, 6.07) is 12.7. The second-order valence-corrected chi connectivity index (χ2v) is 7.89. The van der Waals surface area contributed by atoms with Crippen LogP contribution in [0.1, 0.15) is 29.8 Å². The number of aromatic nitrogens is 2. The monoisotopic (exact) mass is 380 g/mol. The van der Waals surface area contributed by atoms with Crippen LogP contribution in [0.5, 0.6) is 0 Å². The van der Waals surface area contributed by atoms with E-state index >= 15 is 0 Å². The number of carbonyl (C=O) groups excluding carboxylic acids is 1. The SMILES string of the molecule is Cc1nn(-c2ccccc2)c(C)c1NC(=O)CN(Cc1ccsc1)C1CC1. The van der Waals surface area contributed by atoms with Crippen LogP contribution < -0.4 is 5.32 Å². The third kappa shape index (κ3) is 4.12. The maximum atomic E-state index is 12.7. The van der Waals surface area contributed by atoms with Crippen LogP contribution >= 0.6 is 11.3 Å². The van der Waals surface area contributed by atoms with Gasteiger partial charge in [0.15, 0.2) is 0 Å². The van der Waals surface area contributed by atoms with Crippen LogP contribution in [-0.2, 0) is 11.3 Å². The van der Waals surface area contributed by atoms with E-state index in [1.807, 2.05) is 48.9 Å². The van der Waals surface area contributed by atoms with Gasteiger partial charge in [-0.2, -0.15) is 16.4 Å². The average molecular weight is 381 g/mol. The van der Waals surface area contributed by atoms with Crippen LogP contribution in [0, 0.1) is 13.8 Å². The van der Waals surface area contributed by atoms with E-state index in [4.69, 9.17) is 0 Å². The number of thiophene rings is 1. The summed E-state index contributed by atoms with van der Waals surface area (Å²) in [5.74, 6) is 0.0240. The van der Waals surface area contributed by atoms with Crippen molar-refractivity contribution in [2.45, 2.75) is 39.3 Å². The topological polar surface area (TPSA) is 50.2 Å². The summed E-state index contributed by atoms with van der Waals surface area (Å²) in [5, 5.41) is 12.0. The van der Waals surface area contributed by atoms with Gasteiger partial charge in [-0.3, -0.25) is 9.69 Å². The molecule has 1 fully saturated rings. The Morgan fingerprint density at radius 1 is 1.26 bits per heavy atom. The number of hydrogen-bond donors (Lipinski definition) is 1. The fourth-order valence-electron chi connectivity index (χ4n) is 3.38. The van der Waals surface area contributed by atoms with Crippen LogP contribution in [0.15, 0.2) is 47.2 Å². The number of para-hydroxylation sites is 1. The van der Waals surface area contributed by atoms with Crippen molar-refractivity contribution >= 4 is 22.9 Å². The number of hydrogen-bond acceptors (Lipinski definition) is 4. The maximum absolute atomic E-state index is 12.7. The Bertz CT molecular complexity index is 913. The first kappa shape index (κ1) is 17.9. The van der Waals surface area contributed by atoms with Crippen LogP contribution in [0.2, 0.25) is 0 Å². The Morgan fingerprint density at radius 2 is 2.04 bits per heavy atom. The lowest BCUT2D eigenvalue weighted by Gasteiger charge is -2.21. The molecule has 4 rings (SSSR count). The smallest absolute Gasteiger partial charge is 0.238 e. The van der Waals surface area contributed by atoms with Gasteiger partial charge in [0.2, 0.25) is 5.91 Å². The second kappa shape index (κ2) is 7.66. The molecule has 0 aliphatic heterocycles. The fraction of sp³-hybridized carbons (Fsp3) is 0.333. The molecule has 1 aromatic carbocycles. The third-order valence-electron chi connectivity index (χ3n) is 4.93. The summed E-state index contributed by atoms with van der Waals surface area (Å²) < 4.78 is 1.88. The third-order valence-corrected chi connectivity index (χ3v) is 5.66. The van der Waals surface area contributed by atoms with Gasteiger partial charge >= 0.3 is 0 Å². The molecule has 6 heteroatoms. The highest BCUT2D eigenvalue weighted by Crippen LogP contribution is 2.29. The highest BCUT2D eigenvalue weighted by molar-refractivity contribution is 7.07. The van der Waals surface area contributed by atoms with E-state index in [9.17, 15) is 4.79 Å². The molecule has 2 heterocycles. The Balaban J connectivity index is 1.47. The highest BCUT2D eigenvalue weighted by Gasteiger charge is 2.30. The molecule has 0 bridgehead atoms. The number of benzene rings is 1. The van der Waals surface area contributed by atoms with Crippen LogP contribution in [-0.4, -0.2) is 33.2 Å². The number of aryl methyl sites for hydroxylation is 1.